The number of amides is 1. The van der Waals surface area contributed by atoms with Gasteiger partial charge in [0.25, 0.3) is 5.56 Å². The number of piperidine rings is 1. The number of nitrogens with zero attached hydrogens (tertiary/aromatic N) is 3. The van der Waals surface area contributed by atoms with Crippen LogP contribution in [-0.4, -0.2) is 57.7 Å². The zero-order chi connectivity index (χ0) is 35.0. The van der Waals surface area contributed by atoms with Crippen LogP contribution < -0.4 is 10.9 Å². The van der Waals surface area contributed by atoms with Crippen LogP contribution in [0.15, 0.2) is 23.0 Å². The fraction of sp³-hybridized carbons (Fsp3) is 0.514. The van der Waals surface area contributed by atoms with Crippen LogP contribution in [0.1, 0.15) is 93.5 Å². The maximum atomic E-state index is 14.3. The monoisotopic (exact) mass is 690 g/mol. The van der Waals surface area contributed by atoms with Crippen molar-refractivity contribution in [2.75, 3.05) is 19.6 Å². The highest BCUT2D eigenvalue weighted by molar-refractivity contribution is 6.32. The largest absolute Gasteiger partial charge is 0.460 e. The molecule has 6 rings (SSSR count). The average molecular weight is 691 g/mol. The summed E-state index contributed by atoms with van der Waals surface area (Å²) in [6.07, 6.45) is 2.89. The smallest absolute Gasteiger partial charge is 0.326 e. The molecule has 49 heavy (non-hydrogen) atoms. The van der Waals surface area contributed by atoms with Crippen molar-refractivity contribution in [1.29, 1.82) is 0 Å². The summed E-state index contributed by atoms with van der Waals surface area (Å²) in [5.74, 6) is -1.07. The lowest BCUT2D eigenvalue weighted by Gasteiger charge is -2.32. The van der Waals surface area contributed by atoms with Gasteiger partial charge in [0, 0.05) is 40.9 Å². The van der Waals surface area contributed by atoms with E-state index in [2.05, 4.69) is 23.2 Å². The number of pyridine rings is 2. The third-order valence-corrected chi connectivity index (χ3v) is 10.6. The molecule has 0 unspecified atom stereocenters. The maximum absolute atomic E-state index is 14.3. The number of Topliss-reactive ketones (excluding diaryl/α,β-unsaturated/α-hetero) is 1. The second-order valence-electron chi connectivity index (χ2n) is 13.8. The summed E-state index contributed by atoms with van der Waals surface area (Å²) in [6, 6.07) is 5.77. The van der Waals surface area contributed by atoms with Crippen molar-refractivity contribution in [3.05, 3.63) is 61.4 Å². The molecule has 0 aliphatic carbocycles. The fourth-order valence-corrected chi connectivity index (χ4v) is 7.43. The molecule has 1 saturated heterocycles. The van der Waals surface area contributed by atoms with Gasteiger partial charge < -0.3 is 24.2 Å². The van der Waals surface area contributed by atoms with Crippen molar-refractivity contribution in [2.24, 2.45) is 5.92 Å². The number of hydrogen-bond acceptors (Lipinski definition) is 9. The van der Waals surface area contributed by atoms with E-state index in [1.807, 2.05) is 19.1 Å². The molecular formula is C37H43ClN4O7. The van der Waals surface area contributed by atoms with E-state index < -0.39 is 24.1 Å². The van der Waals surface area contributed by atoms with Crippen LogP contribution in [0.2, 0.25) is 5.02 Å². The summed E-state index contributed by atoms with van der Waals surface area (Å²) in [5.41, 5.74) is 3.84. The number of ketones is 1. The Morgan fingerprint density at radius 1 is 1.12 bits per heavy atom. The Kier molecular flexibility index (Phi) is 9.95. The van der Waals surface area contributed by atoms with Gasteiger partial charge in [-0.2, -0.15) is 0 Å². The van der Waals surface area contributed by atoms with Gasteiger partial charge in [-0.15, -0.1) is 0 Å². The lowest BCUT2D eigenvalue weighted by Crippen LogP contribution is -2.40. The Bertz CT molecular complexity index is 1910. The van der Waals surface area contributed by atoms with Gasteiger partial charge in [-0.25, -0.2) is 4.98 Å². The Hall–Kier alpha value is -4.09. The number of fused-ring (bicyclic) bond motifs is 5. The summed E-state index contributed by atoms with van der Waals surface area (Å²) in [5, 5.41) is 4.15. The molecule has 11 nitrogen and oxygen atoms in total. The number of hydrogen-bond donors (Lipinski definition) is 1. The standard InChI is InChI=1S/C37H43ClN4O7/c1-5-37(49-34(46)17-39-32(44)8-6-7-23(4)43)16-33(45)48-20-27-28(37)14-31-35-26(19-42(31)36(27)47)25(18-41-11-9-21(2)10-12-41)24-13-22(3)29(38)15-30(24)40-35/h13-15,21H,5-12,16-20H2,1-4H3,(H,39,44)/t37-/m1/s1. The second-order valence-corrected chi connectivity index (χ2v) is 14.2. The molecular weight excluding hydrogens is 648 g/mol. The van der Waals surface area contributed by atoms with Crippen LogP contribution in [0.4, 0.5) is 0 Å². The predicted molar refractivity (Wildman–Crippen MR) is 184 cm³/mol. The highest BCUT2D eigenvalue weighted by atomic mass is 35.5. The minimum absolute atomic E-state index is 0.0174. The van der Waals surface area contributed by atoms with E-state index in [-0.39, 0.29) is 55.1 Å². The molecule has 0 saturated carbocycles. The topological polar surface area (TPSA) is 137 Å². The van der Waals surface area contributed by atoms with Crippen molar-refractivity contribution in [3.63, 3.8) is 0 Å². The molecule has 12 heteroatoms. The van der Waals surface area contributed by atoms with Crippen molar-refractivity contribution >= 4 is 46.1 Å². The van der Waals surface area contributed by atoms with E-state index in [1.165, 1.54) is 6.92 Å². The summed E-state index contributed by atoms with van der Waals surface area (Å²) in [4.78, 5) is 71.5. The number of aryl methyl sites for hydroxylation is 1. The number of likely N-dealkylation sites (tertiary alicyclic amines) is 1. The van der Waals surface area contributed by atoms with E-state index in [4.69, 9.17) is 26.1 Å². The molecule has 3 aliphatic rings. The van der Waals surface area contributed by atoms with Crippen molar-refractivity contribution in [3.8, 4) is 11.4 Å². The lowest BCUT2D eigenvalue weighted by molar-refractivity contribution is -0.167. The highest BCUT2D eigenvalue weighted by Crippen LogP contribution is 2.43. The van der Waals surface area contributed by atoms with Crippen LogP contribution in [-0.2, 0) is 53.9 Å². The fourth-order valence-electron chi connectivity index (χ4n) is 7.27. The number of cyclic esters (lactones) is 1. The molecule has 1 atom stereocenters. The summed E-state index contributed by atoms with van der Waals surface area (Å²) >= 11 is 6.60. The van der Waals surface area contributed by atoms with Crippen LogP contribution in [0.3, 0.4) is 0 Å². The predicted octanol–water partition coefficient (Wildman–Crippen LogP) is 5.09. The second kappa shape index (κ2) is 14.0. The number of carbonyl (C=O) groups is 4. The molecule has 1 aromatic carbocycles. The van der Waals surface area contributed by atoms with Gasteiger partial charge in [-0.1, -0.05) is 25.4 Å². The Morgan fingerprint density at radius 3 is 2.59 bits per heavy atom. The minimum atomic E-state index is -1.50. The number of ether oxygens (including phenoxy) is 2. The number of aromatic nitrogens is 2. The summed E-state index contributed by atoms with van der Waals surface area (Å²) in [7, 11) is 0. The van der Waals surface area contributed by atoms with Crippen LogP contribution in [0.25, 0.3) is 22.3 Å². The van der Waals surface area contributed by atoms with Gasteiger partial charge in [0.2, 0.25) is 5.91 Å². The zero-order valence-corrected chi connectivity index (χ0v) is 29.3. The van der Waals surface area contributed by atoms with Gasteiger partial charge in [0.15, 0.2) is 0 Å². The van der Waals surface area contributed by atoms with Crippen LogP contribution in [0, 0.1) is 12.8 Å². The Morgan fingerprint density at radius 2 is 1.88 bits per heavy atom. The van der Waals surface area contributed by atoms with E-state index >= 15 is 0 Å². The molecule has 0 bridgehead atoms. The SMILES string of the molecule is CC[C@@]1(OC(=O)CNC(=O)CCCC(C)=O)CC(=O)OCc2c1cc1n(c2=O)Cc2c-1nc1cc(Cl)c(C)cc1c2CN1CCC(C)CC1. The molecule has 2 aromatic heterocycles. The van der Waals surface area contributed by atoms with Crippen molar-refractivity contribution in [1.82, 2.24) is 19.8 Å². The van der Waals surface area contributed by atoms with E-state index in [1.54, 1.807) is 11.5 Å². The highest BCUT2D eigenvalue weighted by Gasteiger charge is 2.44. The number of carbonyl (C=O) groups excluding carboxylic acids is 4. The molecule has 5 heterocycles. The van der Waals surface area contributed by atoms with Crippen LogP contribution >= 0.6 is 11.6 Å². The molecule has 1 amide bonds. The van der Waals surface area contributed by atoms with Gasteiger partial charge in [-0.05, 0) is 87.9 Å². The van der Waals surface area contributed by atoms with Crippen molar-refractivity contribution in [2.45, 2.75) is 97.9 Å². The van der Waals surface area contributed by atoms with Crippen LogP contribution in [0.5, 0.6) is 0 Å². The van der Waals surface area contributed by atoms with Gasteiger partial charge in [-0.3, -0.25) is 24.1 Å². The molecule has 3 aromatic rings. The third-order valence-electron chi connectivity index (χ3n) is 10.2. The van der Waals surface area contributed by atoms with E-state index in [0.717, 1.165) is 53.5 Å². The number of halogens is 1. The van der Waals surface area contributed by atoms with E-state index in [9.17, 15) is 24.0 Å². The third kappa shape index (κ3) is 7.01. The first kappa shape index (κ1) is 34.8. The average Bonchev–Trinajstić information content (AvgIpc) is 3.36. The molecule has 1 N–H and O–H groups in total. The molecule has 1 fully saturated rings. The quantitative estimate of drug-likeness (QED) is 0.226. The van der Waals surface area contributed by atoms with Gasteiger partial charge >= 0.3 is 11.9 Å². The Labute approximate surface area is 290 Å². The molecule has 3 aliphatic heterocycles. The first-order valence-corrected chi connectivity index (χ1v) is 17.5. The number of benzene rings is 1. The summed E-state index contributed by atoms with van der Waals surface area (Å²) < 4.78 is 13.2. The normalized spacial score (nSPS) is 19.1. The number of esters is 2. The van der Waals surface area contributed by atoms with E-state index in [0.29, 0.717) is 47.4 Å². The molecule has 0 radical (unpaired) electrons. The summed E-state index contributed by atoms with van der Waals surface area (Å²) in [6.45, 7) is 9.82. The Balaban J connectivity index is 1.40. The van der Waals surface area contributed by atoms with Crippen molar-refractivity contribution < 1.29 is 28.7 Å². The first-order valence-electron chi connectivity index (χ1n) is 17.1. The molecule has 260 valence electrons. The maximum Gasteiger partial charge on any atom is 0.326 e. The zero-order valence-electron chi connectivity index (χ0n) is 28.6. The molecule has 0 spiro atoms. The lowest BCUT2D eigenvalue weighted by atomic mass is 9.85. The van der Waals surface area contributed by atoms with Gasteiger partial charge in [0.1, 0.15) is 24.5 Å². The van der Waals surface area contributed by atoms with Gasteiger partial charge in [0.05, 0.1) is 35.4 Å². The number of rotatable bonds is 10. The number of nitrogens with one attached hydrogen (secondary N) is 1. The minimum Gasteiger partial charge on any atom is -0.460 e. The first-order chi connectivity index (χ1) is 23.4.